The van der Waals surface area contributed by atoms with Crippen LogP contribution in [0.5, 0.6) is 0 Å². The van der Waals surface area contributed by atoms with Gasteiger partial charge in [0, 0.05) is 5.39 Å². The highest BCUT2D eigenvalue weighted by Gasteiger charge is 2.23. The lowest BCUT2D eigenvalue weighted by atomic mass is 9.89. The highest BCUT2D eigenvalue weighted by atomic mass is 16.6. The Morgan fingerprint density at radius 3 is 2.71 bits per heavy atom. The van der Waals surface area contributed by atoms with Crippen LogP contribution in [0, 0.1) is 0 Å². The van der Waals surface area contributed by atoms with Gasteiger partial charge in [0.05, 0.1) is 5.69 Å². The SMILES string of the molecule is O=C(Nc1cccc2ccccc12)OC1CCCc2ccccc21. The molecule has 0 saturated carbocycles. The van der Waals surface area contributed by atoms with Gasteiger partial charge >= 0.3 is 6.09 Å². The van der Waals surface area contributed by atoms with Crippen molar-refractivity contribution in [2.75, 3.05) is 5.32 Å². The Balaban J connectivity index is 1.53. The molecule has 1 atom stereocenters. The van der Waals surface area contributed by atoms with Crippen LogP contribution in [0.3, 0.4) is 0 Å². The van der Waals surface area contributed by atoms with Crippen molar-refractivity contribution in [3.63, 3.8) is 0 Å². The van der Waals surface area contributed by atoms with Gasteiger partial charge in [-0.1, -0.05) is 60.7 Å². The molecule has 0 bridgehead atoms. The number of hydrogen-bond acceptors (Lipinski definition) is 2. The Labute approximate surface area is 141 Å². The number of amides is 1. The molecule has 0 fully saturated rings. The Hall–Kier alpha value is -2.81. The number of hydrogen-bond donors (Lipinski definition) is 1. The van der Waals surface area contributed by atoms with E-state index in [1.165, 1.54) is 5.56 Å². The molecule has 0 heterocycles. The second kappa shape index (κ2) is 6.36. The van der Waals surface area contributed by atoms with E-state index in [-0.39, 0.29) is 6.10 Å². The van der Waals surface area contributed by atoms with Crippen LogP contribution in [0.25, 0.3) is 10.8 Å². The molecular weight excluding hydrogens is 298 g/mol. The minimum absolute atomic E-state index is 0.162. The molecule has 1 amide bonds. The standard InChI is InChI=1S/C21H19NO2/c23-21(22-19-13-5-9-15-7-1-3-11-17(15)19)24-20-14-6-10-16-8-2-4-12-18(16)20/h1-5,7-9,11-13,20H,6,10,14H2,(H,22,23). The number of fused-ring (bicyclic) bond motifs is 2. The first-order chi connectivity index (χ1) is 11.8. The third kappa shape index (κ3) is 2.85. The number of nitrogens with one attached hydrogen (secondary N) is 1. The topological polar surface area (TPSA) is 38.3 Å². The lowest BCUT2D eigenvalue weighted by molar-refractivity contribution is 0.1000. The fourth-order valence-corrected chi connectivity index (χ4v) is 3.43. The van der Waals surface area contributed by atoms with Gasteiger partial charge in [0.25, 0.3) is 0 Å². The number of carbonyl (C=O) groups excluding carboxylic acids is 1. The minimum Gasteiger partial charge on any atom is -0.441 e. The van der Waals surface area contributed by atoms with Crippen molar-refractivity contribution >= 4 is 22.6 Å². The molecule has 3 aromatic rings. The molecule has 0 radical (unpaired) electrons. The number of aryl methyl sites for hydroxylation is 1. The van der Waals surface area contributed by atoms with Gasteiger partial charge in [-0.05, 0) is 41.8 Å². The van der Waals surface area contributed by atoms with Crippen molar-refractivity contribution in [2.45, 2.75) is 25.4 Å². The van der Waals surface area contributed by atoms with Gasteiger partial charge in [-0.25, -0.2) is 4.79 Å². The van der Waals surface area contributed by atoms with Crippen LogP contribution in [0.2, 0.25) is 0 Å². The average Bonchev–Trinajstić information content (AvgIpc) is 2.62. The summed E-state index contributed by atoms with van der Waals surface area (Å²) < 4.78 is 5.72. The van der Waals surface area contributed by atoms with Gasteiger partial charge < -0.3 is 4.74 Å². The predicted molar refractivity (Wildman–Crippen MR) is 96.2 cm³/mol. The second-order valence-electron chi connectivity index (χ2n) is 6.14. The van der Waals surface area contributed by atoms with E-state index in [9.17, 15) is 4.79 Å². The molecule has 0 spiro atoms. The maximum absolute atomic E-state index is 12.4. The van der Waals surface area contributed by atoms with Crippen molar-refractivity contribution in [3.05, 3.63) is 77.9 Å². The normalized spacial score (nSPS) is 16.4. The van der Waals surface area contributed by atoms with E-state index in [2.05, 4.69) is 17.4 Å². The Morgan fingerprint density at radius 2 is 1.75 bits per heavy atom. The van der Waals surface area contributed by atoms with Gasteiger partial charge in [0.15, 0.2) is 0 Å². The van der Waals surface area contributed by atoms with Crippen molar-refractivity contribution in [1.29, 1.82) is 0 Å². The molecule has 4 rings (SSSR count). The number of rotatable bonds is 2. The van der Waals surface area contributed by atoms with Gasteiger partial charge in [0.2, 0.25) is 0 Å². The summed E-state index contributed by atoms with van der Waals surface area (Å²) in [6, 6.07) is 22.1. The van der Waals surface area contributed by atoms with E-state index >= 15 is 0 Å². The van der Waals surface area contributed by atoms with Crippen LogP contribution in [-0.2, 0) is 11.2 Å². The summed E-state index contributed by atoms with van der Waals surface area (Å²) in [5.74, 6) is 0. The summed E-state index contributed by atoms with van der Waals surface area (Å²) in [5.41, 5.74) is 3.20. The number of anilines is 1. The molecule has 24 heavy (non-hydrogen) atoms. The molecule has 1 N–H and O–H groups in total. The Morgan fingerprint density at radius 1 is 0.958 bits per heavy atom. The smallest absolute Gasteiger partial charge is 0.412 e. The molecule has 120 valence electrons. The Bertz CT molecular complexity index is 882. The van der Waals surface area contributed by atoms with E-state index in [4.69, 9.17) is 4.74 Å². The molecule has 0 aliphatic heterocycles. The van der Waals surface area contributed by atoms with Crippen molar-refractivity contribution in [3.8, 4) is 0 Å². The summed E-state index contributed by atoms with van der Waals surface area (Å²) in [7, 11) is 0. The number of benzene rings is 3. The average molecular weight is 317 g/mol. The lowest BCUT2D eigenvalue weighted by Gasteiger charge is -2.25. The molecule has 3 nitrogen and oxygen atoms in total. The van der Waals surface area contributed by atoms with Crippen LogP contribution < -0.4 is 5.32 Å². The third-order valence-corrected chi connectivity index (χ3v) is 4.59. The largest absolute Gasteiger partial charge is 0.441 e. The molecule has 3 heteroatoms. The quantitative estimate of drug-likeness (QED) is 0.681. The van der Waals surface area contributed by atoms with Crippen molar-refractivity contribution in [1.82, 2.24) is 0 Å². The minimum atomic E-state index is -0.395. The zero-order valence-electron chi connectivity index (χ0n) is 13.4. The van der Waals surface area contributed by atoms with Crippen LogP contribution in [0.4, 0.5) is 10.5 Å². The summed E-state index contributed by atoms with van der Waals surface area (Å²) in [6.45, 7) is 0. The first-order valence-corrected chi connectivity index (χ1v) is 8.34. The van der Waals surface area contributed by atoms with E-state index in [1.807, 2.05) is 54.6 Å². The second-order valence-corrected chi connectivity index (χ2v) is 6.14. The van der Waals surface area contributed by atoms with Gasteiger partial charge in [-0.2, -0.15) is 0 Å². The van der Waals surface area contributed by atoms with Gasteiger partial charge in [0.1, 0.15) is 6.10 Å². The zero-order chi connectivity index (χ0) is 16.4. The third-order valence-electron chi connectivity index (χ3n) is 4.59. The maximum atomic E-state index is 12.4. The van der Waals surface area contributed by atoms with E-state index in [0.29, 0.717) is 0 Å². The first-order valence-electron chi connectivity index (χ1n) is 8.34. The molecule has 0 saturated heterocycles. The van der Waals surface area contributed by atoms with Crippen molar-refractivity contribution < 1.29 is 9.53 Å². The summed E-state index contributed by atoms with van der Waals surface area (Å²) in [4.78, 5) is 12.4. The molecule has 1 aliphatic rings. The lowest BCUT2D eigenvalue weighted by Crippen LogP contribution is -2.20. The van der Waals surface area contributed by atoms with E-state index < -0.39 is 6.09 Å². The van der Waals surface area contributed by atoms with Crippen LogP contribution in [-0.4, -0.2) is 6.09 Å². The molecule has 1 aliphatic carbocycles. The number of ether oxygens (including phenoxy) is 1. The molecule has 1 unspecified atom stereocenters. The fourth-order valence-electron chi connectivity index (χ4n) is 3.43. The maximum Gasteiger partial charge on any atom is 0.412 e. The van der Waals surface area contributed by atoms with Gasteiger partial charge in [-0.3, -0.25) is 5.32 Å². The summed E-state index contributed by atoms with van der Waals surface area (Å²) >= 11 is 0. The highest BCUT2D eigenvalue weighted by Crippen LogP contribution is 2.33. The fraction of sp³-hybridized carbons (Fsp3) is 0.190. The monoisotopic (exact) mass is 317 g/mol. The predicted octanol–water partition coefficient (Wildman–Crippen LogP) is 5.47. The highest BCUT2D eigenvalue weighted by molar-refractivity contribution is 6.00. The molecule has 3 aromatic carbocycles. The van der Waals surface area contributed by atoms with E-state index in [1.54, 1.807) is 0 Å². The van der Waals surface area contributed by atoms with Crippen LogP contribution in [0.15, 0.2) is 66.7 Å². The van der Waals surface area contributed by atoms with Gasteiger partial charge in [-0.15, -0.1) is 0 Å². The summed E-state index contributed by atoms with van der Waals surface area (Å²) in [5, 5.41) is 5.01. The zero-order valence-corrected chi connectivity index (χ0v) is 13.4. The summed E-state index contributed by atoms with van der Waals surface area (Å²) in [6.07, 6.45) is 2.42. The van der Waals surface area contributed by atoms with Crippen LogP contribution in [0.1, 0.15) is 30.1 Å². The Kier molecular flexibility index (Phi) is 3.91. The van der Waals surface area contributed by atoms with E-state index in [0.717, 1.165) is 41.3 Å². The first kappa shape index (κ1) is 14.8. The molecular formula is C21H19NO2. The molecule has 0 aromatic heterocycles. The number of carbonyl (C=O) groups is 1. The van der Waals surface area contributed by atoms with Crippen molar-refractivity contribution in [2.24, 2.45) is 0 Å². The van der Waals surface area contributed by atoms with Crippen LogP contribution >= 0.6 is 0 Å².